The Balaban J connectivity index is 1.68. The number of Topliss-reactive ketones (excluding diaryl/α,β-unsaturated/α-hetero) is 2. The zero-order valence-corrected chi connectivity index (χ0v) is 20.0. The lowest BCUT2D eigenvalue weighted by Gasteiger charge is -2.39. The number of nitrogens with zero attached hydrogens (tertiary/aromatic N) is 1. The van der Waals surface area contributed by atoms with Crippen LogP contribution in [0.25, 0.3) is 5.57 Å². The molecular weight excluding hydrogens is 460 g/mol. The average molecular weight is 483 g/mol. The van der Waals surface area contributed by atoms with E-state index in [0.29, 0.717) is 16.3 Å². The van der Waals surface area contributed by atoms with Crippen LogP contribution in [-0.2, 0) is 15.0 Å². The number of carbonyl (C=O) groups is 3. The van der Waals surface area contributed by atoms with Crippen molar-refractivity contribution in [1.29, 1.82) is 0 Å². The zero-order valence-electron chi connectivity index (χ0n) is 19.3. The Morgan fingerprint density at radius 3 is 2.40 bits per heavy atom. The van der Waals surface area contributed by atoms with Gasteiger partial charge in [-0.15, -0.1) is 0 Å². The molecule has 3 aromatic rings. The number of fused-ring (bicyclic) bond motifs is 6. The molecule has 1 fully saturated rings. The lowest BCUT2D eigenvalue weighted by Crippen LogP contribution is -2.51. The maximum absolute atomic E-state index is 14.3. The van der Waals surface area contributed by atoms with E-state index >= 15 is 0 Å². The molecule has 1 spiro atoms. The van der Waals surface area contributed by atoms with Crippen molar-refractivity contribution in [2.45, 2.75) is 31.3 Å². The fraction of sp³-hybridized carbons (Fsp3) is 0.207. The standard InChI is InChI=1S/C29H23ClN2O3/c1-16-15-24-29(21-8-4-5-9-22(21)31-28(29)35)25(27(34)18-11-13-19(30)14-12-18)26(17(2)33)32(24)23-10-6-3-7-20(16)23/h3-15,24-26H,1-2H3,(H,31,35)/t24-,25+,26+,29+/m1/s1. The number of rotatable bonds is 3. The van der Waals surface area contributed by atoms with Crippen molar-refractivity contribution >= 4 is 46.0 Å². The molecule has 35 heavy (non-hydrogen) atoms. The van der Waals surface area contributed by atoms with Gasteiger partial charge in [-0.1, -0.05) is 54.1 Å². The zero-order chi connectivity index (χ0) is 24.5. The lowest BCUT2D eigenvalue weighted by molar-refractivity contribution is -0.122. The molecule has 0 radical (unpaired) electrons. The minimum atomic E-state index is -1.27. The molecule has 4 atom stereocenters. The summed E-state index contributed by atoms with van der Waals surface area (Å²) < 4.78 is 0. The van der Waals surface area contributed by atoms with E-state index in [-0.39, 0.29) is 17.5 Å². The fourth-order valence-corrected chi connectivity index (χ4v) is 6.46. The van der Waals surface area contributed by atoms with E-state index in [0.717, 1.165) is 22.4 Å². The van der Waals surface area contributed by atoms with Crippen molar-refractivity contribution in [2.75, 3.05) is 10.2 Å². The summed E-state index contributed by atoms with van der Waals surface area (Å²) in [5.74, 6) is -1.58. The van der Waals surface area contributed by atoms with Crippen molar-refractivity contribution in [2.24, 2.45) is 5.92 Å². The third-order valence-electron chi connectivity index (χ3n) is 7.71. The number of allylic oxidation sites excluding steroid dienone is 1. The van der Waals surface area contributed by atoms with Crippen LogP contribution >= 0.6 is 11.6 Å². The number of carbonyl (C=O) groups excluding carboxylic acids is 3. The molecule has 3 heterocycles. The summed E-state index contributed by atoms with van der Waals surface area (Å²) in [4.78, 5) is 43.7. The summed E-state index contributed by atoms with van der Waals surface area (Å²) >= 11 is 6.09. The first-order valence-corrected chi connectivity index (χ1v) is 12.0. The smallest absolute Gasteiger partial charge is 0.238 e. The molecule has 1 amide bonds. The fourth-order valence-electron chi connectivity index (χ4n) is 6.33. The second kappa shape index (κ2) is 7.65. The molecular formula is C29H23ClN2O3. The molecule has 0 saturated carbocycles. The van der Waals surface area contributed by atoms with Gasteiger partial charge in [0.15, 0.2) is 11.6 Å². The molecule has 1 N–H and O–H groups in total. The SMILES string of the molecule is CC(=O)[C@H]1[C@@H](C(=O)c2ccc(Cl)cc2)[C@@]2(C(=O)Nc3ccccc32)[C@H]2C=C(C)c3ccccc3N12. The summed E-state index contributed by atoms with van der Waals surface area (Å²) in [6.45, 7) is 3.52. The summed E-state index contributed by atoms with van der Waals surface area (Å²) in [5, 5.41) is 3.54. The number of anilines is 2. The number of para-hydroxylation sites is 2. The molecule has 0 aliphatic carbocycles. The summed E-state index contributed by atoms with van der Waals surface area (Å²) in [7, 11) is 0. The van der Waals surface area contributed by atoms with Crippen molar-refractivity contribution in [3.05, 3.63) is 101 Å². The van der Waals surface area contributed by atoms with Gasteiger partial charge in [0.2, 0.25) is 5.91 Å². The molecule has 6 rings (SSSR count). The van der Waals surface area contributed by atoms with Gasteiger partial charge in [-0.2, -0.15) is 0 Å². The maximum atomic E-state index is 14.3. The van der Waals surface area contributed by atoms with Crippen molar-refractivity contribution in [3.8, 4) is 0 Å². The highest BCUT2D eigenvalue weighted by atomic mass is 35.5. The van der Waals surface area contributed by atoms with Crippen LogP contribution in [0.3, 0.4) is 0 Å². The molecule has 1 saturated heterocycles. The maximum Gasteiger partial charge on any atom is 0.238 e. The number of hydrogen-bond acceptors (Lipinski definition) is 4. The predicted molar refractivity (Wildman–Crippen MR) is 137 cm³/mol. The summed E-state index contributed by atoms with van der Waals surface area (Å²) in [5.41, 5.74) is 3.46. The van der Waals surface area contributed by atoms with E-state index in [1.165, 1.54) is 6.92 Å². The average Bonchev–Trinajstić information content (AvgIpc) is 3.32. The predicted octanol–water partition coefficient (Wildman–Crippen LogP) is 5.29. The van der Waals surface area contributed by atoms with Crippen LogP contribution in [0, 0.1) is 5.92 Å². The number of hydrogen-bond donors (Lipinski definition) is 1. The quantitative estimate of drug-likeness (QED) is 0.515. The minimum Gasteiger partial charge on any atom is -0.352 e. The Labute approximate surface area is 208 Å². The van der Waals surface area contributed by atoms with Gasteiger partial charge in [0.25, 0.3) is 0 Å². The van der Waals surface area contributed by atoms with E-state index in [9.17, 15) is 14.4 Å². The van der Waals surface area contributed by atoms with Gasteiger partial charge < -0.3 is 10.2 Å². The number of amides is 1. The molecule has 3 aliphatic rings. The third kappa shape index (κ3) is 2.85. The largest absolute Gasteiger partial charge is 0.352 e. The molecule has 3 aromatic carbocycles. The summed E-state index contributed by atoms with van der Waals surface area (Å²) in [6.07, 6.45) is 2.05. The Bertz CT molecular complexity index is 1440. The van der Waals surface area contributed by atoms with Crippen molar-refractivity contribution in [1.82, 2.24) is 0 Å². The van der Waals surface area contributed by atoms with E-state index in [2.05, 4.69) is 11.4 Å². The highest BCUT2D eigenvalue weighted by Gasteiger charge is 2.70. The lowest BCUT2D eigenvalue weighted by atomic mass is 9.64. The molecule has 5 nitrogen and oxygen atoms in total. The highest BCUT2D eigenvalue weighted by Crippen LogP contribution is 2.58. The van der Waals surface area contributed by atoms with E-state index in [1.807, 2.05) is 60.4 Å². The van der Waals surface area contributed by atoms with Crippen LogP contribution in [0.4, 0.5) is 11.4 Å². The second-order valence-corrected chi connectivity index (χ2v) is 9.93. The van der Waals surface area contributed by atoms with Crippen molar-refractivity contribution < 1.29 is 14.4 Å². The Kier molecular flexibility index (Phi) is 4.77. The van der Waals surface area contributed by atoms with Crippen LogP contribution in [0.1, 0.15) is 35.3 Å². The van der Waals surface area contributed by atoms with Crippen molar-refractivity contribution in [3.63, 3.8) is 0 Å². The molecule has 0 bridgehead atoms. The molecule has 174 valence electrons. The summed E-state index contributed by atoms with van der Waals surface area (Å²) in [6, 6.07) is 20.7. The first-order valence-electron chi connectivity index (χ1n) is 11.6. The van der Waals surface area contributed by atoms with Crippen LogP contribution in [0.15, 0.2) is 78.9 Å². The van der Waals surface area contributed by atoms with Crippen LogP contribution in [-0.4, -0.2) is 29.6 Å². The Morgan fingerprint density at radius 1 is 0.971 bits per heavy atom. The molecule has 0 unspecified atom stereocenters. The topological polar surface area (TPSA) is 66.5 Å². The van der Waals surface area contributed by atoms with Gasteiger partial charge in [0.05, 0.1) is 18.0 Å². The van der Waals surface area contributed by atoms with E-state index in [4.69, 9.17) is 11.6 Å². The monoisotopic (exact) mass is 482 g/mol. The first-order chi connectivity index (χ1) is 16.9. The van der Waals surface area contributed by atoms with Gasteiger partial charge >= 0.3 is 0 Å². The first kappa shape index (κ1) is 21.8. The van der Waals surface area contributed by atoms with Gasteiger partial charge in [-0.05, 0) is 61.4 Å². The number of ketones is 2. The van der Waals surface area contributed by atoms with E-state index in [1.54, 1.807) is 24.3 Å². The van der Waals surface area contributed by atoms with Crippen LogP contribution in [0.5, 0.6) is 0 Å². The second-order valence-electron chi connectivity index (χ2n) is 9.49. The van der Waals surface area contributed by atoms with Gasteiger partial charge in [0, 0.05) is 27.5 Å². The highest BCUT2D eigenvalue weighted by molar-refractivity contribution is 6.30. The van der Waals surface area contributed by atoms with Gasteiger partial charge in [-0.25, -0.2) is 0 Å². The minimum absolute atomic E-state index is 0.154. The Hall–Kier alpha value is -3.70. The normalized spacial score (nSPS) is 26.0. The number of benzene rings is 3. The third-order valence-corrected chi connectivity index (χ3v) is 7.96. The van der Waals surface area contributed by atoms with Crippen LogP contribution < -0.4 is 10.2 Å². The Morgan fingerprint density at radius 2 is 1.66 bits per heavy atom. The number of halogens is 1. The molecule has 6 heteroatoms. The van der Waals surface area contributed by atoms with E-state index < -0.39 is 23.4 Å². The molecule has 3 aliphatic heterocycles. The van der Waals surface area contributed by atoms with Crippen LogP contribution in [0.2, 0.25) is 5.02 Å². The molecule has 0 aromatic heterocycles. The van der Waals surface area contributed by atoms with Gasteiger partial charge in [-0.3, -0.25) is 14.4 Å². The van der Waals surface area contributed by atoms with Gasteiger partial charge in [0.1, 0.15) is 5.41 Å². The number of nitrogens with one attached hydrogen (secondary N) is 1.